The molecule has 2 aromatic carbocycles. The van der Waals surface area contributed by atoms with E-state index in [1.165, 1.54) is 0 Å². The van der Waals surface area contributed by atoms with E-state index in [1.807, 2.05) is 36.4 Å². The highest BCUT2D eigenvalue weighted by molar-refractivity contribution is 5.85. The number of para-hydroxylation sites is 2. The number of anilines is 2. The lowest BCUT2D eigenvalue weighted by molar-refractivity contribution is 0.0853. The first-order valence-corrected chi connectivity index (χ1v) is 8.59. The van der Waals surface area contributed by atoms with Crippen LogP contribution in [0.4, 0.5) is 21.0 Å². The third-order valence-electron chi connectivity index (χ3n) is 3.78. The summed E-state index contributed by atoms with van der Waals surface area (Å²) in [4.78, 5) is 24.1. The Morgan fingerprint density at radius 3 is 1.52 bits per heavy atom. The molecule has 6 heteroatoms. The summed E-state index contributed by atoms with van der Waals surface area (Å²) in [5, 5.41) is 5.32. The number of benzene rings is 2. The summed E-state index contributed by atoms with van der Waals surface area (Å²) < 4.78 is 10.8. The van der Waals surface area contributed by atoms with Gasteiger partial charge < -0.3 is 9.47 Å². The molecule has 27 heavy (non-hydrogen) atoms. The highest BCUT2D eigenvalue weighted by atomic mass is 16.6. The number of ether oxygens (including phenoxy) is 2. The number of hydrogen-bond acceptors (Lipinski definition) is 4. The Balaban J connectivity index is 1.51. The molecule has 0 fully saturated rings. The summed E-state index contributed by atoms with van der Waals surface area (Å²) in [7, 11) is 0. The van der Waals surface area contributed by atoms with Gasteiger partial charge in [0.15, 0.2) is 0 Å². The summed E-state index contributed by atoms with van der Waals surface area (Å²) >= 11 is 0. The zero-order valence-corrected chi connectivity index (χ0v) is 14.6. The van der Waals surface area contributed by atoms with Gasteiger partial charge in [-0.1, -0.05) is 48.6 Å². The van der Waals surface area contributed by atoms with E-state index in [2.05, 4.69) is 10.6 Å². The predicted molar refractivity (Wildman–Crippen MR) is 104 cm³/mol. The Labute approximate surface area is 157 Å². The lowest BCUT2D eigenvalue weighted by Crippen LogP contribution is -2.27. The van der Waals surface area contributed by atoms with Gasteiger partial charge in [-0.25, -0.2) is 9.59 Å². The number of hydrogen-bond donors (Lipinski definition) is 2. The standard InChI is InChI=1S/C21H20N2O4/c24-20(22-16-9-3-1-4-10-16)26-18-13-7-8-14-19(15-18)27-21(25)23-17-11-5-2-6-12-17/h1-14,18-19H,15H2,(H,22,24)(H,23,25)/t18-,19-/m1/s1. The maximum atomic E-state index is 12.1. The monoisotopic (exact) mass is 364 g/mol. The second kappa shape index (κ2) is 9.24. The Hall–Kier alpha value is -3.54. The highest BCUT2D eigenvalue weighted by Crippen LogP contribution is 2.16. The first-order chi connectivity index (χ1) is 13.2. The molecule has 138 valence electrons. The largest absolute Gasteiger partial charge is 0.442 e. The van der Waals surface area contributed by atoms with Crippen molar-refractivity contribution < 1.29 is 19.1 Å². The van der Waals surface area contributed by atoms with E-state index in [0.717, 1.165) is 0 Å². The molecule has 1 aliphatic carbocycles. The summed E-state index contributed by atoms with van der Waals surface area (Å²) in [5.74, 6) is 0. The molecular weight excluding hydrogens is 344 g/mol. The van der Waals surface area contributed by atoms with E-state index in [1.54, 1.807) is 48.6 Å². The van der Waals surface area contributed by atoms with Crippen LogP contribution in [-0.2, 0) is 9.47 Å². The molecule has 2 aromatic rings. The minimum Gasteiger partial charge on any atom is -0.442 e. The van der Waals surface area contributed by atoms with Crippen LogP contribution < -0.4 is 10.6 Å². The molecule has 0 unspecified atom stereocenters. The fourth-order valence-electron chi connectivity index (χ4n) is 2.55. The van der Waals surface area contributed by atoms with Crippen LogP contribution in [0.25, 0.3) is 0 Å². The first-order valence-electron chi connectivity index (χ1n) is 8.59. The first kappa shape index (κ1) is 18.3. The fraction of sp³-hybridized carbons (Fsp3) is 0.143. The molecule has 2 N–H and O–H groups in total. The van der Waals surface area contributed by atoms with Gasteiger partial charge in [0.25, 0.3) is 0 Å². The summed E-state index contributed by atoms with van der Waals surface area (Å²) in [6.07, 6.45) is 5.20. The number of amides is 2. The van der Waals surface area contributed by atoms with Crippen LogP contribution in [0.1, 0.15) is 6.42 Å². The van der Waals surface area contributed by atoms with Crippen LogP contribution in [-0.4, -0.2) is 24.4 Å². The fourth-order valence-corrected chi connectivity index (χ4v) is 2.55. The van der Waals surface area contributed by atoms with Crippen molar-refractivity contribution in [2.24, 2.45) is 0 Å². The van der Waals surface area contributed by atoms with Gasteiger partial charge in [-0.05, 0) is 36.4 Å². The van der Waals surface area contributed by atoms with Crippen molar-refractivity contribution in [1.82, 2.24) is 0 Å². The SMILES string of the molecule is O=C(Nc1ccccc1)O[C@@H]1C=CC=C[C@@H](OC(=O)Nc2ccccc2)C1. The average Bonchev–Trinajstić information content (AvgIpc) is 2.88. The van der Waals surface area contributed by atoms with E-state index in [9.17, 15) is 9.59 Å². The van der Waals surface area contributed by atoms with Crippen LogP contribution in [0.3, 0.4) is 0 Å². The normalized spacial score (nSPS) is 18.2. The van der Waals surface area contributed by atoms with Crippen molar-refractivity contribution in [3.63, 3.8) is 0 Å². The molecule has 0 aromatic heterocycles. The molecule has 6 nitrogen and oxygen atoms in total. The molecule has 1 aliphatic rings. The molecule has 3 rings (SSSR count). The maximum Gasteiger partial charge on any atom is 0.412 e. The average molecular weight is 364 g/mol. The van der Waals surface area contributed by atoms with E-state index in [4.69, 9.17) is 9.47 Å². The van der Waals surface area contributed by atoms with Crippen LogP contribution in [0.15, 0.2) is 85.0 Å². The molecule has 0 radical (unpaired) electrons. The maximum absolute atomic E-state index is 12.1. The summed E-state index contributed by atoms with van der Waals surface area (Å²) in [6.45, 7) is 0. The van der Waals surface area contributed by atoms with E-state index in [0.29, 0.717) is 17.8 Å². The van der Waals surface area contributed by atoms with Gasteiger partial charge in [-0.2, -0.15) is 0 Å². The van der Waals surface area contributed by atoms with Gasteiger partial charge in [0.1, 0.15) is 12.2 Å². The van der Waals surface area contributed by atoms with Crippen molar-refractivity contribution in [2.75, 3.05) is 10.6 Å². The quantitative estimate of drug-likeness (QED) is 0.822. The Kier molecular flexibility index (Phi) is 6.25. The minimum atomic E-state index is -0.565. The molecule has 0 bridgehead atoms. The molecule has 2 atom stereocenters. The molecule has 2 amide bonds. The third kappa shape index (κ3) is 6.04. The smallest absolute Gasteiger partial charge is 0.412 e. The lowest BCUT2D eigenvalue weighted by Gasteiger charge is -2.19. The van der Waals surface area contributed by atoms with Crippen LogP contribution in [0.2, 0.25) is 0 Å². The molecule has 0 saturated carbocycles. The number of allylic oxidation sites excluding steroid dienone is 2. The van der Waals surface area contributed by atoms with E-state index in [-0.39, 0.29) is 0 Å². The van der Waals surface area contributed by atoms with E-state index >= 15 is 0 Å². The lowest BCUT2D eigenvalue weighted by atomic mass is 10.2. The second-order valence-electron chi connectivity index (χ2n) is 5.88. The predicted octanol–water partition coefficient (Wildman–Crippen LogP) is 4.74. The molecular formula is C21H20N2O4. The zero-order valence-electron chi connectivity index (χ0n) is 14.6. The van der Waals surface area contributed by atoms with Gasteiger partial charge in [-0.3, -0.25) is 10.6 Å². The van der Waals surface area contributed by atoms with Crippen molar-refractivity contribution in [3.8, 4) is 0 Å². The van der Waals surface area contributed by atoms with E-state index < -0.39 is 24.4 Å². The van der Waals surface area contributed by atoms with Gasteiger partial charge >= 0.3 is 12.2 Å². The molecule has 0 saturated heterocycles. The second-order valence-corrected chi connectivity index (χ2v) is 5.88. The Morgan fingerprint density at radius 1 is 0.704 bits per heavy atom. The summed E-state index contributed by atoms with van der Waals surface area (Å²) in [5.41, 5.74) is 1.29. The third-order valence-corrected chi connectivity index (χ3v) is 3.78. The van der Waals surface area contributed by atoms with Crippen molar-refractivity contribution in [2.45, 2.75) is 18.6 Å². The Morgan fingerprint density at radius 2 is 1.11 bits per heavy atom. The number of carbonyl (C=O) groups is 2. The highest BCUT2D eigenvalue weighted by Gasteiger charge is 2.21. The number of rotatable bonds is 4. The van der Waals surface area contributed by atoms with Gasteiger partial charge in [0.2, 0.25) is 0 Å². The van der Waals surface area contributed by atoms with Crippen LogP contribution >= 0.6 is 0 Å². The molecule has 0 heterocycles. The summed E-state index contributed by atoms with van der Waals surface area (Å²) in [6, 6.07) is 18.1. The molecule has 0 spiro atoms. The van der Waals surface area contributed by atoms with Crippen molar-refractivity contribution in [1.29, 1.82) is 0 Å². The van der Waals surface area contributed by atoms with Gasteiger partial charge in [0, 0.05) is 17.8 Å². The van der Waals surface area contributed by atoms with Gasteiger partial charge in [0.05, 0.1) is 0 Å². The van der Waals surface area contributed by atoms with Gasteiger partial charge in [-0.15, -0.1) is 0 Å². The van der Waals surface area contributed by atoms with Crippen molar-refractivity contribution in [3.05, 3.63) is 85.0 Å². The minimum absolute atomic E-state index is 0.331. The molecule has 0 aliphatic heterocycles. The Bertz CT molecular complexity index is 749. The van der Waals surface area contributed by atoms with Crippen LogP contribution in [0.5, 0.6) is 0 Å². The number of nitrogens with one attached hydrogen (secondary N) is 2. The number of carbonyl (C=O) groups excluding carboxylic acids is 2. The topological polar surface area (TPSA) is 76.7 Å². The van der Waals surface area contributed by atoms with Crippen molar-refractivity contribution >= 4 is 23.6 Å². The zero-order chi connectivity index (χ0) is 18.9. The van der Waals surface area contributed by atoms with Crippen LogP contribution in [0, 0.1) is 0 Å².